The SMILES string of the molecule is COc1ccc(CN(c2cc(C)on2)S(=O)(=O)c2cc(F)c(OC[C@@H]3CN(C(=O)OC(C)(C)C)CCC3c3ccc(Cl)cc3)cc2F)c(OC)c1. The molecule has 1 aliphatic rings. The Morgan fingerprint density at radius 3 is 2.37 bits per heavy atom. The van der Waals surface area contributed by atoms with E-state index < -0.39 is 44.0 Å². The Morgan fingerprint density at radius 2 is 1.75 bits per heavy atom. The second kappa shape index (κ2) is 15.4. The van der Waals surface area contributed by atoms with Crippen LogP contribution in [0.2, 0.25) is 5.02 Å². The van der Waals surface area contributed by atoms with Crippen molar-refractivity contribution in [2.24, 2.45) is 5.92 Å². The molecule has 0 spiro atoms. The van der Waals surface area contributed by atoms with E-state index in [0.29, 0.717) is 52.9 Å². The quantitative estimate of drug-likeness (QED) is 0.152. The molecule has 1 saturated heterocycles. The number of carbonyl (C=O) groups excluding carboxylic acids is 1. The van der Waals surface area contributed by atoms with Gasteiger partial charge in [-0.25, -0.2) is 26.3 Å². The van der Waals surface area contributed by atoms with Gasteiger partial charge in [-0.1, -0.05) is 28.9 Å². The fourth-order valence-corrected chi connectivity index (χ4v) is 7.44. The Morgan fingerprint density at radius 1 is 1.02 bits per heavy atom. The molecule has 0 aliphatic carbocycles. The third-order valence-corrected chi connectivity index (χ3v) is 10.4. The Labute approximate surface area is 301 Å². The molecule has 5 rings (SSSR count). The van der Waals surface area contributed by atoms with E-state index in [2.05, 4.69) is 5.16 Å². The summed E-state index contributed by atoms with van der Waals surface area (Å²) in [5.41, 5.74) is 0.634. The molecule has 0 saturated carbocycles. The lowest BCUT2D eigenvalue weighted by atomic mass is 9.81. The number of halogens is 3. The molecule has 3 aromatic carbocycles. The monoisotopic (exact) mass is 747 g/mol. The van der Waals surface area contributed by atoms with Gasteiger partial charge in [0.2, 0.25) is 0 Å². The number of anilines is 1. The number of amides is 1. The Kier molecular flexibility index (Phi) is 11.3. The van der Waals surface area contributed by atoms with Gasteiger partial charge in [0.1, 0.15) is 33.6 Å². The first-order chi connectivity index (χ1) is 24.1. The standard InChI is InChI=1S/C36H40ClF2N3O8S/c1-22-15-34(40-50-22)42(20-24-9-12-27(46-5)16-31(24)47-6)51(44,45)33-18-29(38)32(17-30(33)39)48-21-25-19-41(35(43)49-36(2,3)4)14-13-28(25)23-7-10-26(37)11-8-23/h7-12,15-18,25,28H,13-14,19-21H2,1-6H3/t25-,28?/m0/s1. The number of aryl methyl sites for hydroxylation is 1. The number of hydrogen-bond donors (Lipinski definition) is 0. The second-order valence-electron chi connectivity index (χ2n) is 13.1. The molecule has 11 nitrogen and oxygen atoms in total. The molecule has 2 atom stereocenters. The minimum Gasteiger partial charge on any atom is -0.497 e. The van der Waals surface area contributed by atoms with Crippen LogP contribution in [-0.4, -0.2) is 64.1 Å². The summed E-state index contributed by atoms with van der Waals surface area (Å²) in [6.07, 6.45) is 0.0622. The minimum absolute atomic E-state index is 0.108. The normalized spacial score (nSPS) is 16.5. The summed E-state index contributed by atoms with van der Waals surface area (Å²) in [6, 6.07) is 14.7. The summed E-state index contributed by atoms with van der Waals surface area (Å²) in [5.74, 6) is -2.38. The first-order valence-electron chi connectivity index (χ1n) is 16.1. The average molecular weight is 748 g/mol. The van der Waals surface area contributed by atoms with E-state index in [1.807, 2.05) is 12.1 Å². The van der Waals surface area contributed by atoms with Crippen molar-refractivity contribution in [3.05, 3.63) is 94.2 Å². The van der Waals surface area contributed by atoms with Crippen LogP contribution in [0.3, 0.4) is 0 Å². The highest BCUT2D eigenvalue weighted by molar-refractivity contribution is 7.92. The van der Waals surface area contributed by atoms with Crippen LogP contribution in [0.5, 0.6) is 17.2 Å². The molecule has 0 radical (unpaired) electrons. The first kappa shape index (κ1) is 37.7. The van der Waals surface area contributed by atoms with E-state index in [9.17, 15) is 13.2 Å². The van der Waals surface area contributed by atoms with E-state index in [1.54, 1.807) is 62.9 Å². The third kappa shape index (κ3) is 8.85. The van der Waals surface area contributed by atoms with E-state index in [1.165, 1.54) is 20.3 Å². The van der Waals surface area contributed by atoms with Crippen LogP contribution < -0.4 is 18.5 Å². The number of benzene rings is 3. The van der Waals surface area contributed by atoms with Crippen molar-refractivity contribution in [2.45, 2.75) is 57.1 Å². The van der Waals surface area contributed by atoms with E-state index in [0.717, 1.165) is 9.87 Å². The van der Waals surface area contributed by atoms with Gasteiger partial charge in [0.05, 0.1) is 27.4 Å². The maximum absolute atomic E-state index is 15.8. The number of rotatable bonds is 11. The molecule has 274 valence electrons. The van der Waals surface area contributed by atoms with Gasteiger partial charge >= 0.3 is 6.09 Å². The molecule has 15 heteroatoms. The van der Waals surface area contributed by atoms with Crippen molar-refractivity contribution >= 4 is 33.5 Å². The zero-order valence-corrected chi connectivity index (χ0v) is 30.7. The van der Waals surface area contributed by atoms with E-state index >= 15 is 8.78 Å². The lowest BCUT2D eigenvalue weighted by Gasteiger charge is -2.39. The van der Waals surface area contributed by atoms with Gasteiger partial charge < -0.3 is 28.4 Å². The number of carbonyl (C=O) groups is 1. The molecule has 1 aromatic heterocycles. The van der Waals surface area contributed by atoms with Crippen molar-refractivity contribution < 1.29 is 45.5 Å². The Balaban J connectivity index is 1.42. The summed E-state index contributed by atoms with van der Waals surface area (Å²) in [5, 5.41) is 4.40. The van der Waals surface area contributed by atoms with Gasteiger partial charge in [0.25, 0.3) is 10.0 Å². The number of piperidine rings is 1. The van der Waals surface area contributed by atoms with Crippen molar-refractivity contribution in [2.75, 3.05) is 38.2 Å². The number of methoxy groups -OCH3 is 2. The van der Waals surface area contributed by atoms with E-state index in [-0.39, 0.29) is 37.4 Å². The van der Waals surface area contributed by atoms with Crippen LogP contribution in [0, 0.1) is 24.5 Å². The number of aromatic nitrogens is 1. The molecule has 2 heterocycles. The maximum atomic E-state index is 15.8. The zero-order valence-electron chi connectivity index (χ0n) is 29.1. The summed E-state index contributed by atoms with van der Waals surface area (Å²) in [7, 11) is -1.90. The largest absolute Gasteiger partial charge is 0.497 e. The van der Waals surface area contributed by atoms with Crippen molar-refractivity contribution in [1.82, 2.24) is 10.1 Å². The van der Waals surface area contributed by atoms with Gasteiger partial charge in [-0.2, -0.15) is 0 Å². The van der Waals surface area contributed by atoms with Gasteiger partial charge in [0.15, 0.2) is 17.4 Å². The molecule has 1 unspecified atom stereocenters. The molecule has 4 aromatic rings. The minimum atomic E-state index is -4.78. The smallest absolute Gasteiger partial charge is 0.410 e. The highest BCUT2D eigenvalue weighted by Crippen LogP contribution is 2.37. The van der Waals surface area contributed by atoms with Crippen molar-refractivity contribution in [3.63, 3.8) is 0 Å². The van der Waals surface area contributed by atoms with Crippen LogP contribution in [0.15, 0.2) is 70.1 Å². The Hall–Kier alpha value is -4.56. The molecule has 51 heavy (non-hydrogen) atoms. The molecule has 1 amide bonds. The molecule has 0 bridgehead atoms. The highest BCUT2D eigenvalue weighted by Gasteiger charge is 2.36. The number of ether oxygens (including phenoxy) is 4. The number of sulfonamides is 1. The topological polar surface area (TPSA) is 121 Å². The van der Waals surface area contributed by atoms with Gasteiger partial charge in [0, 0.05) is 53.9 Å². The van der Waals surface area contributed by atoms with Gasteiger partial charge in [-0.15, -0.1) is 0 Å². The lowest BCUT2D eigenvalue weighted by Crippen LogP contribution is -2.46. The lowest BCUT2D eigenvalue weighted by molar-refractivity contribution is 0.0110. The summed E-state index contributed by atoms with van der Waals surface area (Å²) in [4.78, 5) is 13.6. The average Bonchev–Trinajstić information content (AvgIpc) is 3.52. The molecule has 1 fully saturated rings. The number of hydrogen-bond acceptors (Lipinski definition) is 9. The first-order valence-corrected chi connectivity index (χ1v) is 17.9. The maximum Gasteiger partial charge on any atom is 0.410 e. The van der Waals surface area contributed by atoms with Crippen LogP contribution in [0.4, 0.5) is 19.4 Å². The predicted molar refractivity (Wildman–Crippen MR) is 186 cm³/mol. The van der Waals surface area contributed by atoms with Crippen LogP contribution in [0.1, 0.15) is 50.0 Å². The summed E-state index contributed by atoms with van der Waals surface area (Å²) >= 11 is 6.12. The van der Waals surface area contributed by atoms with Crippen LogP contribution in [0.25, 0.3) is 0 Å². The van der Waals surface area contributed by atoms with E-state index in [4.69, 9.17) is 35.1 Å². The van der Waals surface area contributed by atoms with Crippen LogP contribution >= 0.6 is 11.6 Å². The summed E-state index contributed by atoms with van der Waals surface area (Å²) < 4.78 is 87.7. The highest BCUT2D eigenvalue weighted by atomic mass is 35.5. The molecular weight excluding hydrogens is 708 g/mol. The number of likely N-dealkylation sites (tertiary alicyclic amines) is 1. The molecule has 0 N–H and O–H groups in total. The third-order valence-electron chi connectivity index (χ3n) is 8.37. The van der Waals surface area contributed by atoms with Crippen LogP contribution in [-0.2, 0) is 21.3 Å². The number of nitrogens with zero attached hydrogens (tertiary/aromatic N) is 3. The summed E-state index contributed by atoms with van der Waals surface area (Å²) in [6.45, 7) is 7.05. The van der Waals surface area contributed by atoms with Gasteiger partial charge in [-0.3, -0.25) is 0 Å². The molecule has 1 aliphatic heterocycles. The van der Waals surface area contributed by atoms with Gasteiger partial charge in [-0.05, 0) is 69.9 Å². The Bertz CT molecular complexity index is 1970. The predicted octanol–water partition coefficient (Wildman–Crippen LogP) is 7.75. The second-order valence-corrected chi connectivity index (χ2v) is 15.4. The van der Waals surface area contributed by atoms with Crippen molar-refractivity contribution in [3.8, 4) is 17.2 Å². The fraction of sp³-hybridized carbons (Fsp3) is 0.389. The zero-order chi connectivity index (χ0) is 37.1. The fourth-order valence-electron chi connectivity index (χ4n) is 5.87. The molecular formula is C36H40ClF2N3O8S. The van der Waals surface area contributed by atoms with Crippen molar-refractivity contribution in [1.29, 1.82) is 0 Å².